The second kappa shape index (κ2) is 2.20. The van der Waals surface area contributed by atoms with Gasteiger partial charge in [0.1, 0.15) is 0 Å². The molecular formula is C8H9N3O. The molecule has 2 heterocycles. The van der Waals surface area contributed by atoms with E-state index in [0.29, 0.717) is 5.39 Å². The number of hydrogen-bond acceptors (Lipinski definition) is 2. The van der Waals surface area contributed by atoms with Crippen LogP contribution in [0.3, 0.4) is 0 Å². The van der Waals surface area contributed by atoms with Gasteiger partial charge in [-0.15, -0.1) is 0 Å². The molecule has 0 spiro atoms. The van der Waals surface area contributed by atoms with Crippen LogP contribution in [0, 0.1) is 13.8 Å². The van der Waals surface area contributed by atoms with E-state index in [9.17, 15) is 4.79 Å². The third-order valence-electron chi connectivity index (χ3n) is 1.87. The summed E-state index contributed by atoms with van der Waals surface area (Å²) in [7, 11) is 0. The summed E-state index contributed by atoms with van der Waals surface area (Å²) in [5.41, 5.74) is 2.41. The first-order valence-electron chi connectivity index (χ1n) is 3.73. The highest BCUT2D eigenvalue weighted by Crippen LogP contribution is 2.10. The summed E-state index contributed by atoms with van der Waals surface area (Å²) in [5.74, 6) is 0. The van der Waals surface area contributed by atoms with Crippen molar-refractivity contribution >= 4 is 10.9 Å². The van der Waals surface area contributed by atoms with Gasteiger partial charge in [0.25, 0.3) is 5.56 Å². The van der Waals surface area contributed by atoms with Crippen LogP contribution in [0.15, 0.2) is 10.9 Å². The predicted octanol–water partition coefficient (Wildman–Crippen LogP) is 0.868. The number of rotatable bonds is 0. The Morgan fingerprint density at radius 3 is 2.83 bits per heavy atom. The van der Waals surface area contributed by atoms with Crippen molar-refractivity contribution in [2.24, 2.45) is 0 Å². The van der Waals surface area contributed by atoms with Gasteiger partial charge in [-0.1, -0.05) is 0 Å². The van der Waals surface area contributed by atoms with Crippen LogP contribution in [-0.4, -0.2) is 15.2 Å². The van der Waals surface area contributed by atoms with Crippen molar-refractivity contribution in [3.05, 3.63) is 27.8 Å². The first-order chi connectivity index (χ1) is 5.68. The van der Waals surface area contributed by atoms with Crippen molar-refractivity contribution in [1.29, 1.82) is 0 Å². The molecule has 0 saturated carbocycles. The van der Waals surface area contributed by atoms with Crippen LogP contribution in [0.4, 0.5) is 0 Å². The van der Waals surface area contributed by atoms with E-state index in [-0.39, 0.29) is 5.56 Å². The summed E-state index contributed by atoms with van der Waals surface area (Å²) in [4.78, 5) is 15.4. The van der Waals surface area contributed by atoms with Gasteiger partial charge in [-0.25, -0.2) is 0 Å². The molecule has 62 valence electrons. The molecule has 0 saturated heterocycles. The van der Waals surface area contributed by atoms with Crippen molar-refractivity contribution in [1.82, 2.24) is 15.2 Å². The van der Waals surface area contributed by atoms with Crippen LogP contribution < -0.4 is 5.56 Å². The van der Waals surface area contributed by atoms with Crippen LogP contribution in [0.5, 0.6) is 0 Å². The molecule has 0 unspecified atom stereocenters. The molecule has 0 amide bonds. The predicted molar refractivity (Wildman–Crippen MR) is 46.2 cm³/mol. The average Bonchev–Trinajstić information content (AvgIpc) is 2.31. The molecule has 0 radical (unpaired) electrons. The van der Waals surface area contributed by atoms with E-state index in [1.165, 1.54) is 0 Å². The molecule has 2 N–H and O–H groups in total. The van der Waals surface area contributed by atoms with Gasteiger partial charge in [0.2, 0.25) is 0 Å². The molecule has 2 rings (SSSR count). The smallest absolute Gasteiger partial charge is 0.273 e. The Morgan fingerprint density at radius 1 is 1.33 bits per heavy atom. The number of hydrogen-bond donors (Lipinski definition) is 2. The topological polar surface area (TPSA) is 61.5 Å². The SMILES string of the molecule is Cc1cc2[nH][nH]c(=O)c2c(C)n1. The number of aromatic nitrogens is 3. The Morgan fingerprint density at radius 2 is 2.08 bits per heavy atom. The zero-order chi connectivity index (χ0) is 8.72. The summed E-state index contributed by atoms with van der Waals surface area (Å²) >= 11 is 0. The lowest BCUT2D eigenvalue weighted by Crippen LogP contribution is -2.00. The maximum atomic E-state index is 11.2. The second-order valence-electron chi connectivity index (χ2n) is 2.85. The van der Waals surface area contributed by atoms with E-state index in [2.05, 4.69) is 15.2 Å². The second-order valence-corrected chi connectivity index (χ2v) is 2.85. The normalized spacial score (nSPS) is 10.8. The number of aryl methyl sites for hydroxylation is 2. The first-order valence-corrected chi connectivity index (χ1v) is 3.73. The molecule has 0 aliphatic carbocycles. The largest absolute Gasteiger partial charge is 0.297 e. The lowest BCUT2D eigenvalue weighted by molar-refractivity contribution is 1.08. The van der Waals surface area contributed by atoms with Gasteiger partial charge in [0.15, 0.2) is 0 Å². The summed E-state index contributed by atoms with van der Waals surface area (Å²) in [6, 6.07) is 1.85. The standard InChI is InChI=1S/C8H9N3O/c1-4-3-6-7(5(2)9-4)8(12)11-10-6/h3H,1-2H3,(H2,10,11,12). The van der Waals surface area contributed by atoms with Gasteiger partial charge in [-0.3, -0.25) is 20.0 Å². The Kier molecular flexibility index (Phi) is 1.30. The molecule has 0 bridgehead atoms. The minimum absolute atomic E-state index is 0.102. The van der Waals surface area contributed by atoms with Crippen molar-refractivity contribution in [3.8, 4) is 0 Å². The minimum atomic E-state index is -0.102. The summed E-state index contributed by atoms with van der Waals surface area (Å²) in [6.07, 6.45) is 0. The fourth-order valence-corrected chi connectivity index (χ4v) is 1.40. The Balaban J connectivity index is 3.03. The zero-order valence-electron chi connectivity index (χ0n) is 6.93. The monoisotopic (exact) mass is 163 g/mol. The van der Waals surface area contributed by atoms with Gasteiger partial charge in [-0.05, 0) is 19.9 Å². The quantitative estimate of drug-likeness (QED) is 0.605. The molecule has 0 atom stereocenters. The van der Waals surface area contributed by atoms with Gasteiger partial charge in [-0.2, -0.15) is 0 Å². The van der Waals surface area contributed by atoms with Gasteiger partial charge in [0, 0.05) is 5.69 Å². The van der Waals surface area contributed by atoms with Crippen LogP contribution in [-0.2, 0) is 0 Å². The first kappa shape index (κ1) is 7.09. The average molecular weight is 163 g/mol. The zero-order valence-corrected chi connectivity index (χ0v) is 6.93. The molecule has 0 aliphatic rings. The molecule has 2 aromatic heterocycles. The maximum absolute atomic E-state index is 11.2. The van der Waals surface area contributed by atoms with E-state index in [1.54, 1.807) is 0 Å². The van der Waals surface area contributed by atoms with Crippen LogP contribution in [0.2, 0.25) is 0 Å². The number of H-pyrrole nitrogens is 2. The maximum Gasteiger partial charge on any atom is 0.273 e. The molecule has 4 heteroatoms. The third-order valence-corrected chi connectivity index (χ3v) is 1.87. The fraction of sp³-hybridized carbons (Fsp3) is 0.250. The number of aromatic amines is 2. The van der Waals surface area contributed by atoms with E-state index in [0.717, 1.165) is 16.9 Å². The Bertz CT molecular complexity index is 480. The van der Waals surface area contributed by atoms with E-state index in [4.69, 9.17) is 0 Å². The Labute approximate surface area is 68.6 Å². The third kappa shape index (κ3) is 0.845. The Hall–Kier alpha value is -1.58. The van der Waals surface area contributed by atoms with Crippen LogP contribution in [0.1, 0.15) is 11.4 Å². The van der Waals surface area contributed by atoms with Crippen LogP contribution >= 0.6 is 0 Å². The summed E-state index contributed by atoms with van der Waals surface area (Å²) in [5, 5.41) is 5.97. The van der Waals surface area contributed by atoms with Crippen molar-refractivity contribution in [3.63, 3.8) is 0 Å². The summed E-state index contributed by atoms with van der Waals surface area (Å²) in [6.45, 7) is 3.73. The van der Waals surface area contributed by atoms with E-state index < -0.39 is 0 Å². The van der Waals surface area contributed by atoms with Crippen molar-refractivity contribution in [2.45, 2.75) is 13.8 Å². The molecule has 0 fully saturated rings. The highest BCUT2D eigenvalue weighted by molar-refractivity contribution is 5.80. The molecule has 0 aliphatic heterocycles. The minimum Gasteiger partial charge on any atom is -0.297 e. The fourth-order valence-electron chi connectivity index (χ4n) is 1.40. The van der Waals surface area contributed by atoms with Gasteiger partial charge < -0.3 is 0 Å². The lowest BCUT2D eigenvalue weighted by atomic mass is 10.2. The molecule has 12 heavy (non-hydrogen) atoms. The number of fused-ring (bicyclic) bond motifs is 1. The van der Waals surface area contributed by atoms with E-state index in [1.807, 2.05) is 19.9 Å². The molecule has 4 nitrogen and oxygen atoms in total. The van der Waals surface area contributed by atoms with Gasteiger partial charge >= 0.3 is 0 Å². The number of nitrogens with zero attached hydrogens (tertiary/aromatic N) is 1. The number of nitrogens with one attached hydrogen (secondary N) is 2. The molecular weight excluding hydrogens is 154 g/mol. The van der Waals surface area contributed by atoms with Crippen LogP contribution in [0.25, 0.3) is 10.9 Å². The molecule has 2 aromatic rings. The highest BCUT2D eigenvalue weighted by Gasteiger charge is 2.04. The van der Waals surface area contributed by atoms with Gasteiger partial charge in [0.05, 0.1) is 16.6 Å². The van der Waals surface area contributed by atoms with Crippen molar-refractivity contribution < 1.29 is 0 Å². The summed E-state index contributed by atoms with van der Waals surface area (Å²) < 4.78 is 0. The lowest BCUT2D eigenvalue weighted by Gasteiger charge is -1.95. The van der Waals surface area contributed by atoms with Crippen molar-refractivity contribution in [2.75, 3.05) is 0 Å². The highest BCUT2D eigenvalue weighted by atomic mass is 16.1. The van der Waals surface area contributed by atoms with E-state index >= 15 is 0 Å². The number of pyridine rings is 1. The molecule has 0 aromatic carbocycles.